The SMILES string of the molecule is CNC(=O)C1Cc2ccccc2CN1C(=O)CC1NC(=O)N(c2ccccc2)C1=O. The smallest absolute Gasteiger partial charge is 0.329 e. The van der Waals surface area contributed by atoms with E-state index in [0.717, 1.165) is 16.0 Å². The van der Waals surface area contributed by atoms with Gasteiger partial charge in [0.1, 0.15) is 12.1 Å². The molecule has 2 atom stereocenters. The zero-order valence-electron chi connectivity index (χ0n) is 16.5. The Kier molecular flexibility index (Phi) is 5.22. The lowest BCUT2D eigenvalue weighted by atomic mass is 9.93. The number of hydrogen-bond donors (Lipinski definition) is 2. The Hall–Kier alpha value is -3.68. The molecule has 2 heterocycles. The number of rotatable bonds is 4. The van der Waals surface area contributed by atoms with Crippen LogP contribution >= 0.6 is 0 Å². The van der Waals surface area contributed by atoms with Crippen molar-refractivity contribution in [1.82, 2.24) is 15.5 Å². The molecule has 0 bridgehead atoms. The Morgan fingerprint density at radius 3 is 2.40 bits per heavy atom. The van der Waals surface area contributed by atoms with E-state index >= 15 is 0 Å². The van der Waals surface area contributed by atoms with E-state index in [4.69, 9.17) is 0 Å². The highest BCUT2D eigenvalue weighted by Crippen LogP contribution is 2.26. The highest BCUT2D eigenvalue weighted by Gasteiger charge is 2.42. The number of amides is 5. The number of fused-ring (bicyclic) bond motifs is 1. The Balaban J connectivity index is 1.53. The molecule has 2 aliphatic rings. The van der Waals surface area contributed by atoms with Gasteiger partial charge in [-0.05, 0) is 23.3 Å². The zero-order chi connectivity index (χ0) is 21.3. The number of urea groups is 1. The van der Waals surface area contributed by atoms with Gasteiger partial charge in [0, 0.05) is 20.0 Å². The van der Waals surface area contributed by atoms with Crippen molar-refractivity contribution in [3.63, 3.8) is 0 Å². The molecule has 0 saturated carbocycles. The van der Waals surface area contributed by atoms with Crippen molar-refractivity contribution in [3.05, 3.63) is 65.7 Å². The van der Waals surface area contributed by atoms with E-state index in [2.05, 4.69) is 10.6 Å². The minimum Gasteiger partial charge on any atom is -0.357 e. The van der Waals surface area contributed by atoms with Crippen LogP contribution in [-0.4, -0.2) is 47.8 Å². The van der Waals surface area contributed by atoms with Gasteiger partial charge in [0.25, 0.3) is 5.91 Å². The molecule has 30 heavy (non-hydrogen) atoms. The number of hydrogen-bond acceptors (Lipinski definition) is 4. The summed E-state index contributed by atoms with van der Waals surface area (Å²) in [5.74, 6) is -1.09. The lowest BCUT2D eigenvalue weighted by Gasteiger charge is -2.36. The Bertz CT molecular complexity index is 1010. The van der Waals surface area contributed by atoms with E-state index in [9.17, 15) is 19.2 Å². The second-order valence-electron chi connectivity index (χ2n) is 7.34. The number of nitrogens with one attached hydrogen (secondary N) is 2. The molecule has 0 aromatic heterocycles. The van der Waals surface area contributed by atoms with Crippen molar-refractivity contribution >= 4 is 29.4 Å². The van der Waals surface area contributed by atoms with Gasteiger partial charge >= 0.3 is 6.03 Å². The second kappa shape index (κ2) is 7.98. The van der Waals surface area contributed by atoms with Crippen molar-refractivity contribution in [2.75, 3.05) is 11.9 Å². The summed E-state index contributed by atoms with van der Waals surface area (Å²) in [6.07, 6.45) is 0.201. The summed E-state index contributed by atoms with van der Waals surface area (Å²) in [5, 5.41) is 5.20. The van der Waals surface area contributed by atoms with E-state index in [1.54, 1.807) is 30.3 Å². The third kappa shape index (κ3) is 3.52. The van der Waals surface area contributed by atoms with Crippen LogP contribution in [0.2, 0.25) is 0 Å². The van der Waals surface area contributed by atoms with Crippen LogP contribution in [0, 0.1) is 0 Å². The summed E-state index contributed by atoms with van der Waals surface area (Å²) in [6.45, 7) is 0.282. The number of para-hydroxylation sites is 1. The zero-order valence-corrected chi connectivity index (χ0v) is 16.5. The molecular formula is C22H22N4O4. The van der Waals surface area contributed by atoms with Crippen LogP contribution in [0.4, 0.5) is 10.5 Å². The van der Waals surface area contributed by atoms with Crippen LogP contribution < -0.4 is 15.5 Å². The van der Waals surface area contributed by atoms with Gasteiger partial charge in [-0.25, -0.2) is 9.69 Å². The van der Waals surface area contributed by atoms with Crippen molar-refractivity contribution in [1.29, 1.82) is 0 Å². The fourth-order valence-electron chi connectivity index (χ4n) is 3.97. The summed E-state index contributed by atoms with van der Waals surface area (Å²) >= 11 is 0. The van der Waals surface area contributed by atoms with Gasteiger partial charge in [-0.15, -0.1) is 0 Å². The molecule has 154 valence electrons. The number of carbonyl (C=O) groups is 4. The monoisotopic (exact) mass is 406 g/mol. The summed E-state index contributed by atoms with van der Waals surface area (Å²) in [5.41, 5.74) is 2.44. The van der Waals surface area contributed by atoms with E-state index in [-0.39, 0.29) is 24.8 Å². The van der Waals surface area contributed by atoms with Gasteiger partial charge in [-0.1, -0.05) is 42.5 Å². The van der Waals surface area contributed by atoms with E-state index < -0.39 is 24.0 Å². The van der Waals surface area contributed by atoms with Crippen molar-refractivity contribution < 1.29 is 19.2 Å². The largest absolute Gasteiger partial charge is 0.357 e. The first kappa shape index (κ1) is 19.6. The maximum Gasteiger partial charge on any atom is 0.329 e. The van der Waals surface area contributed by atoms with E-state index in [1.165, 1.54) is 11.9 Å². The molecule has 5 amide bonds. The highest BCUT2D eigenvalue weighted by atomic mass is 16.2. The predicted molar refractivity (Wildman–Crippen MR) is 109 cm³/mol. The lowest BCUT2D eigenvalue weighted by Crippen LogP contribution is -2.53. The summed E-state index contributed by atoms with van der Waals surface area (Å²) in [4.78, 5) is 53.2. The fraction of sp³-hybridized carbons (Fsp3) is 0.273. The minimum atomic E-state index is -0.965. The maximum absolute atomic E-state index is 13.1. The van der Waals surface area contributed by atoms with Crippen LogP contribution in [0.5, 0.6) is 0 Å². The fourth-order valence-corrected chi connectivity index (χ4v) is 3.97. The Labute approximate surface area is 173 Å². The number of anilines is 1. The van der Waals surface area contributed by atoms with E-state index in [1.807, 2.05) is 24.3 Å². The van der Waals surface area contributed by atoms with Crippen LogP contribution in [0.3, 0.4) is 0 Å². The average Bonchev–Trinajstić information content (AvgIpc) is 3.05. The minimum absolute atomic E-state index is 0.205. The van der Waals surface area contributed by atoms with Crippen LogP contribution in [0.25, 0.3) is 0 Å². The van der Waals surface area contributed by atoms with E-state index in [0.29, 0.717) is 12.1 Å². The first-order valence-corrected chi connectivity index (χ1v) is 9.77. The molecule has 2 aliphatic heterocycles. The molecule has 4 rings (SSSR count). The van der Waals surface area contributed by atoms with Crippen molar-refractivity contribution in [3.8, 4) is 0 Å². The molecule has 2 N–H and O–H groups in total. The van der Waals surface area contributed by atoms with Crippen LogP contribution in [0.15, 0.2) is 54.6 Å². The first-order chi connectivity index (χ1) is 14.5. The summed E-state index contributed by atoms with van der Waals surface area (Å²) in [6, 6.07) is 14.1. The quantitative estimate of drug-likeness (QED) is 0.746. The normalized spacial score (nSPS) is 20.6. The second-order valence-corrected chi connectivity index (χ2v) is 7.34. The first-order valence-electron chi connectivity index (χ1n) is 9.77. The molecule has 8 heteroatoms. The molecule has 0 spiro atoms. The van der Waals surface area contributed by atoms with Gasteiger partial charge in [0.2, 0.25) is 11.8 Å². The molecule has 1 fully saturated rings. The molecular weight excluding hydrogens is 384 g/mol. The van der Waals surface area contributed by atoms with Crippen LogP contribution in [0.1, 0.15) is 17.5 Å². The molecule has 2 unspecified atom stereocenters. The van der Waals surface area contributed by atoms with Gasteiger partial charge in [0.05, 0.1) is 12.1 Å². The molecule has 2 aromatic rings. The van der Waals surface area contributed by atoms with Gasteiger partial charge in [-0.2, -0.15) is 0 Å². The number of benzene rings is 2. The molecule has 0 aliphatic carbocycles. The third-order valence-electron chi connectivity index (χ3n) is 5.53. The molecule has 2 aromatic carbocycles. The maximum atomic E-state index is 13.1. The van der Waals surface area contributed by atoms with Gasteiger partial charge in [0.15, 0.2) is 0 Å². The van der Waals surface area contributed by atoms with Gasteiger partial charge < -0.3 is 15.5 Å². The summed E-state index contributed by atoms with van der Waals surface area (Å²) < 4.78 is 0. The Morgan fingerprint density at radius 2 is 1.70 bits per heavy atom. The average molecular weight is 406 g/mol. The van der Waals surface area contributed by atoms with Crippen molar-refractivity contribution in [2.24, 2.45) is 0 Å². The third-order valence-corrected chi connectivity index (χ3v) is 5.53. The molecule has 1 saturated heterocycles. The predicted octanol–water partition coefficient (Wildman–Crippen LogP) is 1.20. The Morgan fingerprint density at radius 1 is 1.03 bits per heavy atom. The lowest BCUT2D eigenvalue weighted by molar-refractivity contribution is -0.142. The molecule has 8 nitrogen and oxygen atoms in total. The molecule has 0 radical (unpaired) electrons. The number of imide groups is 1. The summed E-state index contributed by atoms with van der Waals surface area (Å²) in [7, 11) is 1.53. The van der Waals surface area contributed by atoms with Gasteiger partial charge in [-0.3, -0.25) is 14.4 Å². The number of likely N-dealkylation sites (N-methyl/N-ethyl adjacent to an activating group) is 1. The standard InChI is InChI=1S/C22H22N4O4/c1-23-20(28)18-11-14-7-5-6-8-15(14)13-25(18)19(27)12-17-21(29)26(22(30)24-17)16-9-3-2-4-10-16/h2-10,17-18H,11-13H2,1H3,(H,23,28)(H,24,30). The topological polar surface area (TPSA) is 98.8 Å². The van der Waals surface area contributed by atoms with Crippen LogP contribution in [-0.2, 0) is 27.3 Å². The highest BCUT2D eigenvalue weighted by molar-refractivity contribution is 6.22. The number of carbonyl (C=O) groups excluding carboxylic acids is 4. The van der Waals surface area contributed by atoms with Crippen molar-refractivity contribution in [2.45, 2.75) is 31.5 Å². The number of nitrogens with zero attached hydrogens (tertiary/aromatic N) is 2.